The largest absolute Gasteiger partial charge is 0.453 e. The third kappa shape index (κ3) is 7.38. The van der Waals surface area contributed by atoms with E-state index in [1.165, 1.54) is 19.1 Å². The van der Waals surface area contributed by atoms with Crippen LogP contribution in [-0.4, -0.2) is 29.7 Å². The minimum atomic E-state index is -4.45. The van der Waals surface area contributed by atoms with E-state index >= 15 is 0 Å². The van der Waals surface area contributed by atoms with Gasteiger partial charge in [-0.1, -0.05) is 23.2 Å². The number of oxime groups is 1. The van der Waals surface area contributed by atoms with Gasteiger partial charge in [0.05, 0.1) is 11.3 Å². The van der Waals surface area contributed by atoms with Gasteiger partial charge in [-0.05, 0) is 51.3 Å². The number of ether oxygens (including phenoxy) is 1. The van der Waals surface area contributed by atoms with Crippen molar-refractivity contribution in [3.63, 3.8) is 0 Å². The number of halogens is 3. The van der Waals surface area contributed by atoms with E-state index in [9.17, 15) is 22.8 Å². The summed E-state index contributed by atoms with van der Waals surface area (Å²) >= 11 is 0. The molecule has 8 heteroatoms. The maximum absolute atomic E-state index is 12.7. The Balaban J connectivity index is 2.63. The van der Waals surface area contributed by atoms with Crippen LogP contribution in [0.4, 0.5) is 13.2 Å². The van der Waals surface area contributed by atoms with Crippen molar-refractivity contribution in [1.82, 2.24) is 0 Å². The van der Waals surface area contributed by atoms with Crippen LogP contribution in [0.15, 0.2) is 29.4 Å². The molecule has 26 heavy (non-hydrogen) atoms. The fourth-order valence-corrected chi connectivity index (χ4v) is 1.63. The molecule has 0 amide bonds. The predicted octanol–water partition coefficient (Wildman–Crippen LogP) is 3.36. The normalized spacial score (nSPS) is 12.0. The van der Waals surface area contributed by atoms with Crippen LogP contribution in [0.1, 0.15) is 38.8 Å². The minimum Gasteiger partial charge on any atom is -0.453 e. The summed E-state index contributed by atoms with van der Waals surface area (Å²) in [5.74, 6) is 2.22. The number of ketones is 1. The van der Waals surface area contributed by atoms with Crippen LogP contribution in [0.2, 0.25) is 0 Å². The van der Waals surface area contributed by atoms with E-state index in [0.29, 0.717) is 0 Å². The predicted molar refractivity (Wildman–Crippen MR) is 88.2 cm³/mol. The summed E-state index contributed by atoms with van der Waals surface area (Å²) in [6.45, 7) is 5.99. The first-order valence-electron chi connectivity index (χ1n) is 7.50. The van der Waals surface area contributed by atoms with Gasteiger partial charge in [0, 0.05) is 0 Å². The highest BCUT2D eigenvalue weighted by Gasteiger charge is 2.30. The highest BCUT2D eigenvalue weighted by molar-refractivity contribution is 6.40. The molecule has 0 aliphatic heterocycles. The highest BCUT2D eigenvalue weighted by Crippen LogP contribution is 2.29. The lowest BCUT2D eigenvalue weighted by Gasteiger charge is -2.17. The number of hydrogen-bond acceptors (Lipinski definition) is 5. The van der Waals surface area contributed by atoms with E-state index in [1.807, 2.05) is 5.92 Å². The SMILES string of the molecule is C/C(=N/OCC#CC(=O)C(=O)OC(C)(C)C)c1cccc(C(F)(F)F)c1. The number of benzene rings is 1. The van der Waals surface area contributed by atoms with Crippen molar-refractivity contribution >= 4 is 17.5 Å². The van der Waals surface area contributed by atoms with Gasteiger partial charge in [-0.25, -0.2) is 4.79 Å². The zero-order chi connectivity index (χ0) is 20.0. The molecule has 1 aromatic rings. The summed E-state index contributed by atoms with van der Waals surface area (Å²) in [5.41, 5.74) is -1.17. The Morgan fingerprint density at radius 3 is 2.42 bits per heavy atom. The molecule has 0 bridgehead atoms. The summed E-state index contributed by atoms with van der Waals surface area (Å²) in [6.07, 6.45) is -4.45. The maximum atomic E-state index is 12.7. The molecule has 0 unspecified atom stereocenters. The molecule has 1 rings (SSSR count). The topological polar surface area (TPSA) is 65.0 Å². The minimum absolute atomic E-state index is 0.205. The maximum Gasteiger partial charge on any atom is 0.416 e. The highest BCUT2D eigenvalue weighted by atomic mass is 19.4. The van der Waals surface area contributed by atoms with Crippen LogP contribution in [0.5, 0.6) is 0 Å². The van der Waals surface area contributed by atoms with Crippen LogP contribution >= 0.6 is 0 Å². The third-order valence-corrected chi connectivity index (χ3v) is 2.73. The number of Topliss-reactive ketones (excluding diaryl/α,β-unsaturated/α-hetero) is 1. The Morgan fingerprint density at radius 1 is 1.19 bits per heavy atom. The fraction of sp³-hybridized carbons (Fsp3) is 0.389. The molecule has 0 aromatic heterocycles. The van der Waals surface area contributed by atoms with Crippen LogP contribution in [0.3, 0.4) is 0 Å². The lowest BCUT2D eigenvalue weighted by atomic mass is 10.1. The molecule has 0 fully saturated rings. The summed E-state index contributed by atoms with van der Waals surface area (Å²) in [4.78, 5) is 27.7. The molecule has 0 heterocycles. The number of hydrogen-bond donors (Lipinski definition) is 0. The Bertz CT molecular complexity index is 765. The first-order chi connectivity index (χ1) is 11.9. The van der Waals surface area contributed by atoms with Gasteiger partial charge in [0.2, 0.25) is 0 Å². The summed E-state index contributed by atoms with van der Waals surface area (Å²) < 4.78 is 42.8. The number of rotatable bonds is 4. The van der Waals surface area contributed by atoms with E-state index in [2.05, 4.69) is 11.1 Å². The average Bonchev–Trinajstić information content (AvgIpc) is 2.51. The molecule has 0 spiro atoms. The summed E-state index contributed by atoms with van der Waals surface area (Å²) in [5, 5.41) is 3.64. The van der Waals surface area contributed by atoms with Crippen LogP contribution in [-0.2, 0) is 25.3 Å². The van der Waals surface area contributed by atoms with Crippen molar-refractivity contribution in [1.29, 1.82) is 0 Å². The van der Waals surface area contributed by atoms with Crippen molar-refractivity contribution < 1.29 is 32.3 Å². The molecule has 0 aliphatic rings. The number of carbonyl (C=O) groups excluding carboxylic acids is 2. The fourth-order valence-electron chi connectivity index (χ4n) is 1.63. The molecular weight excluding hydrogens is 351 g/mol. The van der Waals surface area contributed by atoms with Crippen LogP contribution in [0, 0.1) is 11.8 Å². The second-order valence-corrected chi connectivity index (χ2v) is 6.16. The molecule has 0 radical (unpaired) electrons. The van der Waals surface area contributed by atoms with Gasteiger partial charge in [0.1, 0.15) is 5.60 Å². The van der Waals surface area contributed by atoms with Crippen molar-refractivity contribution in [2.24, 2.45) is 5.16 Å². The quantitative estimate of drug-likeness (QED) is 0.155. The smallest absolute Gasteiger partial charge is 0.416 e. The van der Waals surface area contributed by atoms with Crippen molar-refractivity contribution in [2.45, 2.75) is 39.5 Å². The van der Waals surface area contributed by atoms with Gasteiger partial charge in [0.25, 0.3) is 0 Å². The van der Waals surface area contributed by atoms with E-state index in [1.54, 1.807) is 20.8 Å². The van der Waals surface area contributed by atoms with E-state index in [-0.39, 0.29) is 17.9 Å². The Labute approximate surface area is 149 Å². The number of esters is 1. The first-order valence-corrected chi connectivity index (χ1v) is 7.50. The molecule has 140 valence electrons. The Morgan fingerprint density at radius 2 is 1.85 bits per heavy atom. The number of alkyl halides is 3. The van der Waals surface area contributed by atoms with Gasteiger partial charge in [-0.15, -0.1) is 0 Å². The van der Waals surface area contributed by atoms with E-state index in [4.69, 9.17) is 9.57 Å². The van der Waals surface area contributed by atoms with Crippen molar-refractivity contribution in [3.05, 3.63) is 35.4 Å². The Hall–Kier alpha value is -2.82. The zero-order valence-corrected chi connectivity index (χ0v) is 14.7. The third-order valence-electron chi connectivity index (χ3n) is 2.73. The molecule has 0 N–H and O–H groups in total. The van der Waals surface area contributed by atoms with Gasteiger partial charge in [-0.3, -0.25) is 4.79 Å². The first kappa shape index (κ1) is 21.2. The molecular formula is C18H18F3NO4. The molecule has 0 saturated carbocycles. The lowest BCUT2D eigenvalue weighted by Crippen LogP contribution is -2.28. The molecule has 0 aliphatic carbocycles. The van der Waals surface area contributed by atoms with Gasteiger partial charge < -0.3 is 9.57 Å². The second kappa shape index (κ2) is 8.52. The standard InChI is InChI=1S/C18H18F3NO4/c1-12(13-7-5-8-14(11-13)18(19,20)21)22-25-10-6-9-15(23)16(24)26-17(2,3)4/h5,7-8,11H,10H2,1-4H3/b22-12-. The summed E-state index contributed by atoms with van der Waals surface area (Å²) in [6, 6.07) is 4.61. The van der Waals surface area contributed by atoms with Crippen LogP contribution in [0.25, 0.3) is 0 Å². The number of nitrogens with zero attached hydrogens (tertiary/aromatic N) is 1. The van der Waals surface area contributed by atoms with Gasteiger partial charge in [0.15, 0.2) is 6.61 Å². The van der Waals surface area contributed by atoms with Crippen LogP contribution < -0.4 is 0 Å². The number of carbonyl (C=O) groups is 2. The molecule has 0 atom stereocenters. The van der Waals surface area contributed by atoms with E-state index in [0.717, 1.165) is 12.1 Å². The van der Waals surface area contributed by atoms with Crippen molar-refractivity contribution in [2.75, 3.05) is 6.61 Å². The summed E-state index contributed by atoms with van der Waals surface area (Å²) in [7, 11) is 0. The van der Waals surface area contributed by atoms with Gasteiger partial charge >= 0.3 is 17.9 Å². The second-order valence-electron chi connectivity index (χ2n) is 6.16. The Kier molecular flexibility index (Phi) is 6.95. The van der Waals surface area contributed by atoms with Crippen molar-refractivity contribution in [3.8, 4) is 11.8 Å². The molecule has 1 aromatic carbocycles. The lowest BCUT2D eigenvalue weighted by molar-refractivity contribution is -0.160. The molecule has 5 nitrogen and oxygen atoms in total. The van der Waals surface area contributed by atoms with E-state index < -0.39 is 29.1 Å². The zero-order valence-electron chi connectivity index (χ0n) is 14.7. The van der Waals surface area contributed by atoms with Gasteiger partial charge in [-0.2, -0.15) is 13.2 Å². The monoisotopic (exact) mass is 369 g/mol. The average molecular weight is 369 g/mol. The molecule has 0 saturated heterocycles.